The molecule has 0 radical (unpaired) electrons. The van der Waals surface area contributed by atoms with Crippen LogP contribution in [0.4, 0.5) is 0 Å². The summed E-state index contributed by atoms with van der Waals surface area (Å²) in [5.74, 6) is 1.34. The molecule has 106 valence electrons. The van der Waals surface area contributed by atoms with Crippen molar-refractivity contribution < 1.29 is 4.79 Å². The summed E-state index contributed by atoms with van der Waals surface area (Å²) in [7, 11) is 0. The number of nitrogens with two attached hydrogens (primary N) is 1. The molecule has 0 aliphatic heterocycles. The predicted molar refractivity (Wildman–Crippen MR) is 83.5 cm³/mol. The summed E-state index contributed by atoms with van der Waals surface area (Å²) in [5.41, 5.74) is 7.11. The fourth-order valence-electron chi connectivity index (χ4n) is 1.87. The van der Waals surface area contributed by atoms with Gasteiger partial charge in [-0.1, -0.05) is 37.3 Å². The first-order chi connectivity index (χ1) is 9.15. The van der Waals surface area contributed by atoms with Crippen molar-refractivity contribution in [3.63, 3.8) is 0 Å². The van der Waals surface area contributed by atoms with Gasteiger partial charge < -0.3 is 11.1 Å². The van der Waals surface area contributed by atoms with E-state index in [-0.39, 0.29) is 11.9 Å². The number of thioether (sulfide) groups is 1. The lowest BCUT2D eigenvalue weighted by molar-refractivity contribution is -0.122. The molecule has 0 aliphatic rings. The molecule has 1 aromatic rings. The Balaban J connectivity index is 2.24. The highest BCUT2D eigenvalue weighted by atomic mass is 32.2. The molecule has 0 aliphatic carbocycles. The van der Waals surface area contributed by atoms with E-state index in [1.54, 1.807) is 11.8 Å². The second kappa shape index (κ2) is 8.99. The summed E-state index contributed by atoms with van der Waals surface area (Å²) >= 11 is 1.71. The normalized spacial score (nSPS) is 13.8. The SMILES string of the molecule is CSCC[C@H](N)C(=O)NCCC(C)c1ccccc1. The van der Waals surface area contributed by atoms with Crippen LogP contribution < -0.4 is 11.1 Å². The van der Waals surface area contributed by atoms with E-state index in [1.165, 1.54) is 5.56 Å². The molecule has 4 heteroatoms. The average molecular weight is 280 g/mol. The average Bonchev–Trinajstić information content (AvgIpc) is 2.45. The van der Waals surface area contributed by atoms with Gasteiger partial charge in [0, 0.05) is 6.54 Å². The third-order valence-corrected chi connectivity index (χ3v) is 3.86. The zero-order chi connectivity index (χ0) is 14.1. The molecule has 0 heterocycles. The lowest BCUT2D eigenvalue weighted by Crippen LogP contribution is -2.41. The summed E-state index contributed by atoms with van der Waals surface area (Å²) in [4.78, 5) is 11.7. The molecule has 0 spiro atoms. The van der Waals surface area contributed by atoms with Crippen LogP contribution in [0.2, 0.25) is 0 Å². The largest absolute Gasteiger partial charge is 0.355 e. The number of hydrogen-bond donors (Lipinski definition) is 2. The third kappa shape index (κ3) is 6.12. The third-order valence-electron chi connectivity index (χ3n) is 3.21. The molecule has 0 fully saturated rings. The van der Waals surface area contributed by atoms with E-state index >= 15 is 0 Å². The standard InChI is InChI=1S/C15H24N2OS/c1-12(13-6-4-3-5-7-13)8-10-17-15(18)14(16)9-11-19-2/h3-7,12,14H,8-11,16H2,1-2H3,(H,17,18)/t12?,14-/m0/s1. The molecule has 0 bridgehead atoms. The van der Waals surface area contributed by atoms with Gasteiger partial charge in [0.05, 0.1) is 6.04 Å². The molecule has 1 amide bonds. The number of nitrogens with one attached hydrogen (secondary N) is 1. The maximum atomic E-state index is 11.7. The van der Waals surface area contributed by atoms with Crippen LogP contribution in [0.3, 0.4) is 0 Å². The van der Waals surface area contributed by atoms with Crippen molar-refractivity contribution in [3.05, 3.63) is 35.9 Å². The van der Waals surface area contributed by atoms with Gasteiger partial charge in [0.15, 0.2) is 0 Å². The molecule has 0 saturated heterocycles. The second-order valence-electron chi connectivity index (χ2n) is 4.78. The predicted octanol–water partition coefficient (Wildman–Crippen LogP) is 2.38. The number of rotatable bonds is 8. The monoisotopic (exact) mass is 280 g/mol. The number of benzene rings is 1. The molecular formula is C15H24N2OS. The van der Waals surface area contributed by atoms with Gasteiger partial charge in [-0.3, -0.25) is 4.79 Å². The van der Waals surface area contributed by atoms with E-state index < -0.39 is 0 Å². The summed E-state index contributed by atoms with van der Waals surface area (Å²) in [6.07, 6.45) is 3.69. The first kappa shape index (κ1) is 16.1. The molecule has 3 nitrogen and oxygen atoms in total. The Labute approximate surface area is 120 Å². The van der Waals surface area contributed by atoms with Gasteiger partial charge in [-0.25, -0.2) is 0 Å². The number of amides is 1. The minimum absolute atomic E-state index is 0.0330. The number of hydrogen-bond acceptors (Lipinski definition) is 3. The van der Waals surface area contributed by atoms with Crippen molar-refractivity contribution in [1.82, 2.24) is 5.32 Å². The second-order valence-corrected chi connectivity index (χ2v) is 5.76. The molecule has 3 N–H and O–H groups in total. The zero-order valence-electron chi connectivity index (χ0n) is 11.8. The Kier molecular flexibility index (Phi) is 7.60. The van der Waals surface area contributed by atoms with Gasteiger partial charge in [-0.2, -0.15) is 11.8 Å². The molecule has 2 atom stereocenters. The maximum Gasteiger partial charge on any atom is 0.236 e. The smallest absolute Gasteiger partial charge is 0.236 e. The topological polar surface area (TPSA) is 55.1 Å². The van der Waals surface area contributed by atoms with Crippen LogP contribution in [-0.2, 0) is 4.79 Å². The Hall–Kier alpha value is -1.00. The first-order valence-corrected chi connectivity index (χ1v) is 8.11. The number of carbonyl (C=O) groups is 1. The first-order valence-electron chi connectivity index (χ1n) is 6.72. The van der Waals surface area contributed by atoms with Crippen molar-refractivity contribution in [2.75, 3.05) is 18.6 Å². The van der Waals surface area contributed by atoms with Gasteiger partial charge in [0.25, 0.3) is 0 Å². The summed E-state index contributed by atoms with van der Waals surface area (Å²) < 4.78 is 0. The van der Waals surface area contributed by atoms with E-state index in [1.807, 2.05) is 24.5 Å². The fourth-order valence-corrected chi connectivity index (χ4v) is 2.36. The van der Waals surface area contributed by atoms with Crippen molar-refractivity contribution in [2.45, 2.75) is 31.7 Å². The van der Waals surface area contributed by atoms with E-state index in [0.717, 1.165) is 18.6 Å². The van der Waals surface area contributed by atoms with Crippen LogP contribution in [0.1, 0.15) is 31.2 Å². The molecule has 0 aromatic heterocycles. The fraction of sp³-hybridized carbons (Fsp3) is 0.533. The quantitative estimate of drug-likeness (QED) is 0.768. The Bertz CT molecular complexity index is 370. The highest BCUT2D eigenvalue weighted by Gasteiger charge is 2.12. The molecule has 1 rings (SSSR count). The van der Waals surface area contributed by atoms with Crippen LogP contribution in [0, 0.1) is 0 Å². The van der Waals surface area contributed by atoms with Gasteiger partial charge in [0.1, 0.15) is 0 Å². The van der Waals surface area contributed by atoms with Gasteiger partial charge in [-0.05, 0) is 36.3 Å². The molecule has 19 heavy (non-hydrogen) atoms. The minimum Gasteiger partial charge on any atom is -0.355 e. The molecule has 0 saturated carbocycles. The van der Waals surface area contributed by atoms with E-state index in [9.17, 15) is 4.79 Å². The van der Waals surface area contributed by atoms with Crippen LogP contribution in [0.15, 0.2) is 30.3 Å². The highest BCUT2D eigenvalue weighted by molar-refractivity contribution is 7.98. The Morgan fingerprint density at radius 2 is 2.00 bits per heavy atom. The van der Waals surface area contributed by atoms with E-state index in [4.69, 9.17) is 5.73 Å². The van der Waals surface area contributed by atoms with Gasteiger partial charge in [-0.15, -0.1) is 0 Å². The van der Waals surface area contributed by atoms with Crippen LogP contribution in [0.5, 0.6) is 0 Å². The summed E-state index contributed by atoms with van der Waals surface area (Å²) in [6.45, 7) is 2.86. The van der Waals surface area contributed by atoms with E-state index in [2.05, 4.69) is 24.4 Å². The van der Waals surface area contributed by atoms with Crippen molar-refractivity contribution in [1.29, 1.82) is 0 Å². The lowest BCUT2D eigenvalue weighted by Gasteiger charge is -2.14. The minimum atomic E-state index is -0.375. The molecule has 1 aromatic carbocycles. The molecular weight excluding hydrogens is 256 g/mol. The summed E-state index contributed by atoms with van der Waals surface area (Å²) in [6, 6.07) is 9.97. The van der Waals surface area contributed by atoms with Crippen LogP contribution >= 0.6 is 11.8 Å². The van der Waals surface area contributed by atoms with Crippen LogP contribution in [0.25, 0.3) is 0 Å². The van der Waals surface area contributed by atoms with Crippen molar-refractivity contribution in [2.24, 2.45) is 5.73 Å². The number of carbonyl (C=O) groups excluding carboxylic acids is 1. The molecule has 1 unspecified atom stereocenters. The highest BCUT2D eigenvalue weighted by Crippen LogP contribution is 2.17. The Morgan fingerprint density at radius 3 is 2.63 bits per heavy atom. The van der Waals surface area contributed by atoms with Crippen molar-refractivity contribution in [3.8, 4) is 0 Å². The maximum absolute atomic E-state index is 11.7. The summed E-state index contributed by atoms with van der Waals surface area (Å²) in [5, 5.41) is 2.92. The lowest BCUT2D eigenvalue weighted by atomic mass is 9.98. The van der Waals surface area contributed by atoms with E-state index in [0.29, 0.717) is 12.5 Å². The zero-order valence-corrected chi connectivity index (χ0v) is 12.6. The Morgan fingerprint density at radius 1 is 1.32 bits per heavy atom. The van der Waals surface area contributed by atoms with Gasteiger partial charge in [0.2, 0.25) is 5.91 Å². The van der Waals surface area contributed by atoms with Gasteiger partial charge >= 0.3 is 0 Å². The van der Waals surface area contributed by atoms with Crippen molar-refractivity contribution >= 4 is 17.7 Å². The van der Waals surface area contributed by atoms with Crippen LogP contribution in [-0.4, -0.2) is 30.5 Å².